The van der Waals surface area contributed by atoms with Crippen LogP contribution in [0, 0.1) is 17.5 Å². The number of hydrogen-bond acceptors (Lipinski definition) is 5. The molecule has 1 aliphatic heterocycles. The number of benzene rings is 2. The average Bonchev–Trinajstić information content (AvgIpc) is 2.87. The van der Waals surface area contributed by atoms with E-state index >= 15 is 4.39 Å². The Morgan fingerprint density at radius 1 is 0.927 bits per heavy atom. The lowest BCUT2D eigenvalue weighted by atomic mass is 9.98. The van der Waals surface area contributed by atoms with Crippen LogP contribution in [-0.2, 0) is 6.18 Å². The number of carbonyl (C=O) groups is 2. The summed E-state index contributed by atoms with van der Waals surface area (Å²) in [5.41, 5.74) is -0.275. The second-order valence-corrected chi connectivity index (χ2v) is 9.87. The molecule has 3 aromatic rings. The summed E-state index contributed by atoms with van der Waals surface area (Å²) in [7, 11) is 1.89. The molecule has 0 aliphatic carbocycles. The molecule has 2 amide bonds. The number of amides is 2. The number of hydrogen-bond donors (Lipinski definition) is 3. The van der Waals surface area contributed by atoms with Gasteiger partial charge in [-0.25, -0.2) is 13.2 Å². The third-order valence-electron chi connectivity index (χ3n) is 7.12. The molecule has 4 rings (SSSR count). The lowest BCUT2D eigenvalue weighted by molar-refractivity contribution is -0.138. The van der Waals surface area contributed by atoms with Crippen molar-refractivity contribution in [2.45, 2.75) is 32.1 Å². The van der Waals surface area contributed by atoms with Crippen molar-refractivity contribution in [1.29, 1.82) is 0 Å². The zero-order valence-electron chi connectivity index (χ0n) is 22.0. The molecule has 0 bridgehead atoms. The predicted molar refractivity (Wildman–Crippen MR) is 139 cm³/mol. The van der Waals surface area contributed by atoms with Crippen molar-refractivity contribution in [2.24, 2.45) is 5.73 Å². The number of nitrogens with one attached hydrogen (secondary N) is 2. The van der Waals surface area contributed by atoms with Crippen LogP contribution < -0.4 is 21.5 Å². The predicted octanol–water partition coefficient (Wildman–Crippen LogP) is 4.36. The largest absolute Gasteiger partial charge is 0.417 e. The molecule has 1 fully saturated rings. The van der Waals surface area contributed by atoms with Gasteiger partial charge in [0.05, 0.1) is 28.1 Å². The van der Waals surface area contributed by atoms with Crippen molar-refractivity contribution in [1.82, 2.24) is 9.88 Å². The van der Waals surface area contributed by atoms with Crippen molar-refractivity contribution in [3.05, 3.63) is 81.0 Å². The molecule has 2 heterocycles. The molecule has 1 aliphatic rings. The minimum Gasteiger partial charge on any atom is -0.367 e. The van der Waals surface area contributed by atoms with Crippen molar-refractivity contribution >= 4 is 23.2 Å². The van der Waals surface area contributed by atoms with Gasteiger partial charge in [-0.15, -0.1) is 0 Å². The maximum Gasteiger partial charge on any atom is 0.417 e. The van der Waals surface area contributed by atoms with Gasteiger partial charge in [0.15, 0.2) is 0 Å². The van der Waals surface area contributed by atoms with Gasteiger partial charge in [-0.05, 0) is 39.1 Å². The van der Waals surface area contributed by atoms with Crippen LogP contribution in [0.5, 0.6) is 0 Å². The van der Waals surface area contributed by atoms with E-state index in [1.54, 1.807) is 4.90 Å². The second kappa shape index (κ2) is 10.9. The fraction of sp³-hybridized carbons (Fsp3) is 0.296. The quantitative estimate of drug-likeness (QED) is 0.388. The van der Waals surface area contributed by atoms with Gasteiger partial charge in [-0.3, -0.25) is 19.3 Å². The highest BCUT2D eigenvalue weighted by Gasteiger charge is 2.36. The number of aromatic nitrogens is 1. The van der Waals surface area contributed by atoms with E-state index in [0.717, 1.165) is 12.1 Å². The summed E-state index contributed by atoms with van der Waals surface area (Å²) in [6, 6.07) is 3.15. The molecule has 0 saturated carbocycles. The maximum absolute atomic E-state index is 15.6. The minimum absolute atomic E-state index is 0.0475. The Hall–Kier alpha value is -4.33. The number of anilines is 2. The van der Waals surface area contributed by atoms with E-state index in [1.165, 1.54) is 0 Å². The molecule has 8 nitrogen and oxygen atoms in total. The van der Waals surface area contributed by atoms with E-state index in [4.69, 9.17) is 5.73 Å². The Kier molecular flexibility index (Phi) is 7.89. The first-order chi connectivity index (χ1) is 19.1. The van der Waals surface area contributed by atoms with Crippen molar-refractivity contribution < 1.29 is 35.9 Å². The molecule has 0 spiro atoms. The van der Waals surface area contributed by atoms with Crippen LogP contribution in [0.4, 0.5) is 37.7 Å². The highest BCUT2D eigenvalue weighted by Crippen LogP contribution is 2.38. The summed E-state index contributed by atoms with van der Waals surface area (Å²) in [6.07, 6.45) is -4.45. The van der Waals surface area contributed by atoms with E-state index in [9.17, 15) is 36.3 Å². The number of nitrogens with zero attached hydrogens (tertiary/aromatic N) is 2. The fourth-order valence-electron chi connectivity index (χ4n) is 4.76. The van der Waals surface area contributed by atoms with Crippen molar-refractivity contribution in [3.8, 4) is 11.1 Å². The number of halogens is 6. The number of rotatable bonds is 5. The summed E-state index contributed by atoms with van der Waals surface area (Å²) in [6.45, 7) is 4.49. The molecule has 2 atom stereocenters. The molecule has 0 unspecified atom stereocenters. The van der Waals surface area contributed by atoms with Gasteiger partial charge in [-0.1, -0.05) is 0 Å². The topological polar surface area (TPSA) is 112 Å². The summed E-state index contributed by atoms with van der Waals surface area (Å²) in [5, 5.41) is 2.33. The maximum atomic E-state index is 15.6. The first-order valence-electron chi connectivity index (χ1n) is 12.3. The monoisotopic (exact) mass is 581 g/mol. The molecular weight excluding hydrogens is 556 g/mol. The lowest BCUT2D eigenvalue weighted by Crippen LogP contribution is -2.55. The lowest BCUT2D eigenvalue weighted by Gasteiger charge is -2.44. The highest BCUT2D eigenvalue weighted by atomic mass is 19.4. The van der Waals surface area contributed by atoms with Crippen LogP contribution >= 0.6 is 0 Å². The molecular formula is C27H25F6N5O3. The fourth-order valence-corrected chi connectivity index (χ4v) is 4.76. The molecule has 218 valence electrons. The van der Waals surface area contributed by atoms with Gasteiger partial charge >= 0.3 is 6.18 Å². The van der Waals surface area contributed by atoms with E-state index in [0.29, 0.717) is 31.4 Å². The van der Waals surface area contributed by atoms with Crippen LogP contribution in [0.2, 0.25) is 0 Å². The van der Waals surface area contributed by atoms with Gasteiger partial charge < -0.3 is 20.9 Å². The summed E-state index contributed by atoms with van der Waals surface area (Å²) in [5.74, 6) is -6.08. The van der Waals surface area contributed by atoms with E-state index in [2.05, 4.69) is 10.2 Å². The number of H-pyrrole nitrogens is 1. The first kappa shape index (κ1) is 29.6. The molecule has 0 radical (unpaired) electrons. The molecule has 14 heteroatoms. The van der Waals surface area contributed by atoms with Crippen molar-refractivity contribution in [3.63, 3.8) is 0 Å². The average molecular weight is 582 g/mol. The highest BCUT2D eigenvalue weighted by molar-refractivity contribution is 6.07. The van der Waals surface area contributed by atoms with Gasteiger partial charge in [0.2, 0.25) is 5.56 Å². The normalized spacial score (nSPS) is 17.9. The van der Waals surface area contributed by atoms with Gasteiger partial charge in [0.25, 0.3) is 11.8 Å². The number of pyridine rings is 1. The number of aromatic amines is 1. The van der Waals surface area contributed by atoms with E-state index < -0.39 is 68.8 Å². The number of piperazine rings is 1. The SMILES string of the molecule is C[C@@H]1CN(c2cc(F)c(-c3cc(C(N)=O)c(F)cc3F)cc2NC(=O)c2c[nH]c(=O)cc2C(F)(F)F)C[C@H](C)N1C. The summed E-state index contributed by atoms with van der Waals surface area (Å²) < 4.78 is 85.4. The Labute approximate surface area is 229 Å². The second-order valence-electron chi connectivity index (χ2n) is 9.87. The van der Waals surface area contributed by atoms with Crippen molar-refractivity contribution in [2.75, 3.05) is 30.4 Å². The number of alkyl halides is 3. The van der Waals surface area contributed by atoms with Crippen LogP contribution in [0.3, 0.4) is 0 Å². The number of primary amides is 1. The van der Waals surface area contributed by atoms with Gasteiger partial charge in [-0.2, -0.15) is 13.2 Å². The summed E-state index contributed by atoms with van der Waals surface area (Å²) in [4.78, 5) is 42.2. The van der Waals surface area contributed by atoms with Gasteiger partial charge in [0.1, 0.15) is 17.5 Å². The van der Waals surface area contributed by atoms with Crippen LogP contribution in [0.15, 0.2) is 41.3 Å². The molecule has 41 heavy (non-hydrogen) atoms. The Bertz CT molecular complexity index is 1580. The third kappa shape index (κ3) is 5.92. The number of nitrogens with two attached hydrogens (primary N) is 1. The van der Waals surface area contributed by atoms with Crippen LogP contribution in [0.1, 0.15) is 40.1 Å². The third-order valence-corrected chi connectivity index (χ3v) is 7.12. The standard InChI is InChI=1S/C27H25F6N5O3/c1-12-10-38(11-13(2)37(12)3)23-8-21(30)15(14-4-16(25(34)40)20(29)7-19(14)28)5-22(23)36-26(41)17-9-35-24(39)6-18(17)27(31,32)33/h4-9,12-13H,10-11H2,1-3H3,(H2,34,40)(H,35,39)(H,36,41)/t12-,13+. The minimum atomic E-state index is -5.05. The molecule has 4 N–H and O–H groups in total. The Morgan fingerprint density at radius 3 is 2.10 bits per heavy atom. The van der Waals surface area contributed by atoms with Gasteiger partial charge in [0, 0.05) is 54.6 Å². The Morgan fingerprint density at radius 2 is 1.51 bits per heavy atom. The zero-order valence-corrected chi connectivity index (χ0v) is 22.0. The van der Waals surface area contributed by atoms with Crippen LogP contribution in [-0.4, -0.2) is 53.9 Å². The van der Waals surface area contributed by atoms with E-state index in [-0.39, 0.29) is 29.5 Å². The zero-order chi connectivity index (χ0) is 30.4. The molecule has 2 aromatic carbocycles. The first-order valence-corrected chi connectivity index (χ1v) is 12.3. The molecule has 1 saturated heterocycles. The number of likely N-dealkylation sites (N-methyl/N-ethyl adjacent to an activating group) is 1. The Balaban J connectivity index is 1.89. The summed E-state index contributed by atoms with van der Waals surface area (Å²) >= 11 is 0. The molecule has 1 aromatic heterocycles. The van der Waals surface area contributed by atoms with E-state index in [1.807, 2.05) is 25.9 Å². The van der Waals surface area contributed by atoms with Crippen LogP contribution in [0.25, 0.3) is 11.1 Å². The number of carbonyl (C=O) groups excluding carboxylic acids is 2. The smallest absolute Gasteiger partial charge is 0.367 e.